The zero-order chi connectivity index (χ0) is 17.7. The van der Waals surface area contributed by atoms with E-state index < -0.39 is 0 Å². The fourth-order valence-corrected chi connectivity index (χ4v) is 3.56. The predicted octanol–water partition coefficient (Wildman–Crippen LogP) is 2.62. The SMILES string of the molecule is CCCCN1CCCCC1CNC(=NC)NCCCOC1CCOC1.I. The second kappa shape index (κ2) is 14.9. The number of nitrogens with zero attached hydrogens (tertiary/aromatic N) is 2. The molecule has 0 radical (unpaired) electrons. The minimum absolute atomic E-state index is 0. The number of unbranched alkanes of at least 4 members (excludes halogenated alkanes) is 1. The lowest BCUT2D eigenvalue weighted by atomic mass is 10.0. The van der Waals surface area contributed by atoms with Crippen LogP contribution in [0.1, 0.15) is 51.9 Å². The molecule has 2 unspecified atom stereocenters. The number of rotatable bonds is 10. The molecule has 0 bridgehead atoms. The van der Waals surface area contributed by atoms with Crippen molar-refractivity contribution >= 4 is 29.9 Å². The lowest BCUT2D eigenvalue weighted by Crippen LogP contribution is -2.49. The van der Waals surface area contributed by atoms with Gasteiger partial charge in [-0.15, -0.1) is 24.0 Å². The van der Waals surface area contributed by atoms with E-state index in [9.17, 15) is 0 Å². The molecule has 7 heteroatoms. The van der Waals surface area contributed by atoms with Gasteiger partial charge < -0.3 is 20.1 Å². The Kier molecular flexibility index (Phi) is 13.7. The molecular weight excluding hydrogens is 443 g/mol. The summed E-state index contributed by atoms with van der Waals surface area (Å²) in [5.41, 5.74) is 0. The van der Waals surface area contributed by atoms with Gasteiger partial charge in [0.05, 0.1) is 12.7 Å². The van der Waals surface area contributed by atoms with Crippen LogP contribution in [0.5, 0.6) is 0 Å². The number of nitrogens with one attached hydrogen (secondary N) is 2. The van der Waals surface area contributed by atoms with Gasteiger partial charge >= 0.3 is 0 Å². The minimum Gasteiger partial charge on any atom is -0.379 e. The van der Waals surface area contributed by atoms with Crippen LogP contribution in [0.25, 0.3) is 0 Å². The Morgan fingerprint density at radius 1 is 1.23 bits per heavy atom. The highest BCUT2D eigenvalue weighted by Gasteiger charge is 2.21. The third-order valence-corrected chi connectivity index (χ3v) is 5.13. The lowest BCUT2D eigenvalue weighted by molar-refractivity contribution is 0.0420. The number of guanidine groups is 1. The van der Waals surface area contributed by atoms with Crippen LogP contribution in [0.4, 0.5) is 0 Å². The van der Waals surface area contributed by atoms with E-state index in [1.54, 1.807) is 0 Å². The maximum Gasteiger partial charge on any atom is 0.191 e. The molecule has 2 N–H and O–H groups in total. The van der Waals surface area contributed by atoms with E-state index in [4.69, 9.17) is 9.47 Å². The highest BCUT2D eigenvalue weighted by molar-refractivity contribution is 14.0. The number of likely N-dealkylation sites (tertiary alicyclic amines) is 1. The van der Waals surface area contributed by atoms with Gasteiger partial charge in [0.15, 0.2) is 5.96 Å². The molecule has 0 aromatic rings. The van der Waals surface area contributed by atoms with Crippen molar-refractivity contribution in [2.24, 2.45) is 4.99 Å². The highest BCUT2D eigenvalue weighted by atomic mass is 127. The van der Waals surface area contributed by atoms with E-state index in [1.807, 2.05) is 7.05 Å². The molecule has 0 aromatic carbocycles. The molecule has 0 saturated carbocycles. The van der Waals surface area contributed by atoms with Crippen molar-refractivity contribution < 1.29 is 9.47 Å². The van der Waals surface area contributed by atoms with Gasteiger partial charge in [0.1, 0.15) is 0 Å². The summed E-state index contributed by atoms with van der Waals surface area (Å²) in [7, 11) is 1.84. The number of halogens is 1. The van der Waals surface area contributed by atoms with Crippen LogP contribution < -0.4 is 10.6 Å². The summed E-state index contributed by atoms with van der Waals surface area (Å²) in [4.78, 5) is 7.01. The summed E-state index contributed by atoms with van der Waals surface area (Å²) in [5.74, 6) is 0.908. The topological polar surface area (TPSA) is 58.1 Å². The molecule has 6 nitrogen and oxygen atoms in total. The quantitative estimate of drug-likeness (QED) is 0.217. The molecule has 0 amide bonds. The normalized spacial score (nSPS) is 24.3. The number of piperidine rings is 1. The molecule has 2 rings (SSSR count). The molecule has 2 aliphatic heterocycles. The Morgan fingerprint density at radius 2 is 2.12 bits per heavy atom. The zero-order valence-corrected chi connectivity index (χ0v) is 19.0. The van der Waals surface area contributed by atoms with Gasteiger partial charge in [-0.25, -0.2) is 0 Å². The van der Waals surface area contributed by atoms with Crippen molar-refractivity contribution in [3.05, 3.63) is 0 Å². The fourth-order valence-electron chi connectivity index (χ4n) is 3.56. The minimum atomic E-state index is 0. The maximum absolute atomic E-state index is 5.79. The van der Waals surface area contributed by atoms with Gasteiger partial charge in [0.25, 0.3) is 0 Å². The summed E-state index contributed by atoms with van der Waals surface area (Å²) < 4.78 is 11.1. The predicted molar refractivity (Wildman–Crippen MR) is 119 cm³/mol. The summed E-state index contributed by atoms with van der Waals surface area (Å²) >= 11 is 0. The molecule has 2 aliphatic rings. The van der Waals surface area contributed by atoms with E-state index in [2.05, 4.69) is 27.4 Å². The first kappa shape index (κ1) is 23.9. The second-order valence-electron chi connectivity index (χ2n) is 7.13. The molecule has 26 heavy (non-hydrogen) atoms. The number of hydrogen-bond acceptors (Lipinski definition) is 4. The van der Waals surface area contributed by atoms with Crippen LogP contribution in [0.2, 0.25) is 0 Å². The lowest BCUT2D eigenvalue weighted by Gasteiger charge is -2.36. The molecule has 0 spiro atoms. The first-order chi connectivity index (χ1) is 12.3. The van der Waals surface area contributed by atoms with E-state index in [0.717, 1.165) is 51.7 Å². The van der Waals surface area contributed by atoms with E-state index in [1.165, 1.54) is 45.2 Å². The van der Waals surface area contributed by atoms with Crippen LogP contribution in [0, 0.1) is 0 Å². The molecule has 0 aliphatic carbocycles. The molecule has 2 fully saturated rings. The Balaban J connectivity index is 0.00000338. The smallest absolute Gasteiger partial charge is 0.191 e. The number of ether oxygens (including phenoxy) is 2. The molecule has 2 heterocycles. The Bertz CT molecular complexity index is 379. The van der Waals surface area contributed by atoms with Gasteiger partial charge in [-0.05, 0) is 45.2 Å². The number of hydrogen-bond donors (Lipinski definition) is 2. The first-order valence-corrected chi connectivity index (χ1v) is 10.2. The van der Waals surface area contributed by atoms with Gasteiger partial charge in [0.2, 0.25) is 0 Å². The maximum atomic E-state index is 5.79. The van der Waals surface area contributed by atoms with E-state index >= 15 is 0 Å². The summed E-state index contributed by atoms with van der Waals surface area (Å²) in [6, 6.07) is 0.643. The van der Waals surface area contributed by atoms with Gasteiger partial charge in [-0.3, -0.25) is 9.89 Å². The summed E-state index contributed by atoms with van der Waals surface area (Å²) in [5, 5.41) is 6.92. The van der Waals surface area contributed by atoms with Crippen LogP contribution in [-0.2, 0) is 9.47 Å². The van der Waals surface area contributed by atoms with Crippen LogP contribution in [0.15, 0.2) is 4.99 Å². The van der Waals surface area contributed by atoms with Gasteiger partial charge in [-0.2, -0.15) is 0 Å². The van der Waals surface area contributed by atoms with Crippen LogP contribution in [0.3, 0.4) is 0 Å². The van der Waals surface area contributed by atoms with Crippen molar-refractivity contribution in [3.8, 4) is 0 Å². The monoisotopic (exact) mass is 482 g/mol. The Hall–Kier alpha value is -0.120. The fraction of sp³-hybridized carbons (Fsp3) is 0.947. The second-order valence-corrected chi connectivity index (χ2v) is 7.13. The molecule has 2 saturated heterocycles. The summed E-state index contributed by atoms with van der Waals surface area (Å²) in [6.07, 6.45) is 8.89. The van der Waals surface area contributed by atoms with E-state index in [0.29, 0.717) is 12.1 Å². The van der Waals surface area contributed by atoms with Crippen molar-refractivity contribution in [2.75, 3.05) is 53.0 Å². The third-order valence-electron chi connectivity index (χ3n) is 5.13. The molecule has 0 aromatic heterocycles. The molecule has 2 atom stereocenters. The van der Waals surface area contributed by atoms with Crippen molar-refractivity contribution in [1.29, 1.82) is 0 Å². The largest absolute Gasteiger partial charge is 0.379 e. The first-order valence-electron chi connectivity index (χ1n) is 10.2. The van der Waals surface area contributed by atoms with Crippen molar-refractivity contribution in [1.82, 2.24) is 15.5 Å². The van der Waals surface area contributed by atoms with E-state index in [-0.39, 0.29) is 24.0 Å². The zero-order valence-electron chi connectivity index (χ0n) is 16.7. The molecule has 154 valence electrons. The molecular formula is C19H39IN4O2. The van der Waals surface area contributed by atoms with Crippen LogP contribution in [-0.4, -0.2) is 76.1 Å². The van der Waals surface area contributed by atoms with Crippen molar-refractivity contribution in [3.63, 3.8) is 0 Å². The highest BCUT2D eigenvalue weighted by Crippen LogP contribution is 2.17. The standard InChI is InChI=1S/C19H38N4O2.HI/c1-3-4-11-23-12-6-5-8-17(23)15-22-19(20-2)21-10-7-13-25-18-9-14-24-16-18;/h17-18H,3-16H2,1-2H3,(H2,20,21,22);1H. The van der Waals surface area contributed by atoms with Gasteiger partial charge in [0, 0.05) is 39.4 Å². The Morgan fingerprint density at radius 3 is 2.85 bits per heavy atom. The Labute approximate surface area is 176 Å². The van der Waals surface area contributed by atoms with Gasteiger partial charge in [-0.1, -0.05) is 19.8 Å². The van der Waals surface area contributed by atoms with Crippen LogP contribution >= 0.6 is 24.0 Å². The van der Waals surface area contributed by atoms with Crippen molar-refractivity contribution in [2.45, 2.75) is 64.0 Å². The third kappa shape index (κ3) is 9.19. The summed E-state index contributed by atoms with van der Waals surface area (Å²) in [6.45, 7) is 9.01. The average molecular weight is 482 g/mol. The average Bonchev–Trinajstić information content (AvgIpc) is 3.16. The number of aliphatic imine (C=N–C) groups is 1.